The van der Waals surface area contributed by atoms with Crippen molar-refractivity contribution in [2.24, 2.45) is 18.0 Å². The highest BCUT2D eigenvalue weighted by atomic mass is 127. The molecule has 1 aromatic rings. The zero-order chi connectivity index (χ0) is 17.8. The molecule has 0 aromatic carbocycles. The van der Waals surface area contributed by atoms with Gasteiger partial charge in [0.2, 0.25) is 0 Å². The highest BCUT2D eigenvalue weighted by Crippen LogP contribution is 2.05. The Labute approximate surface area is 174 Å². The monoisotopic (exact) mass is 482 g/mol. The van der Waals surface area contributed by atoms with Gasteiger partial charge in [0, 0.05) is 20.1 Å². The maximum atomic E-state index is 4.66. The smallest absolute Gasteiger partial charge is 0.191 e. The number of rotatable bonds is 11. The van der Waals surface area contributed by atoms with E-state index < -0.39 is 0 Å². The van der Waals surface area contributed by atoms with E-state index in [9.17, 15) is 0 Å². The van der Waals surface area contributed by atoms with Gasteiger partial charge in [-0.15, -0.1) is 34.2 Å². The molecule has 0 fully saturated rings. The number of hydrogen-bond acceptors (Lipinski definition) is 4. The van der Waals surface area contributed by atoms with Crippen molar-refractivity contribution in [1.29, 1.82) is 0 Å². The molecule has 0 aliphatic carbocycles. The van der Waals surface area contributed by atoms with Gasteiger partial charge in [0.25, 0.3) is 0 Å². The van der Waals surface area contributed by atoms with Crippen LogP contribution in [0.4, 0.5) is 0 Å². The Morgan fingerprint density at radius 1 is 1.16 bits per heavy atom. The second kappa shape index (κ2) is 14.6. The predicted molar refractivity (Wildman–Crippen MR) is 120 cm³/mol. The predicted octanol–water partition coefficient (Wildman–Crippen LogP) is 3.36. The van der Waals surface area contributed by atoms with Crippen LogP contribution in [0.3, 0.4) is 0 Å². The molecule has 25 heavy (non-hydrogen) atoms. The van der Waals surface area contributed by atoms with Gasteiger partial charge in [0.05, 0.1) is 0 Å². The van der Waals surface area contributed by atoms with Crippen LogP contribution in [0.5, 0.6) is 0 Å². The minimum atomic E-state index is 0. The first-order chi connectivity index (χ1) is 11.5. The third-order valence-corrected chi connectivity index (χ3v) is 4.58. The molecule has 146 valence electrons. The molecule has 8 heteroatoms. The molecule has 0 unspecified atom stereocenters. The lowest BCUT2D eigenvalue weighted by Gasteiger charge is -2.13. The zero-order valence-electron chi connectivity index (χ0n) is 16.3. The third-order valence-electron chi connectivity index (χ3n) is 3.88. The van der Waals surface area contributed by atoms with Crippen LogP contribution in [0.15, 0.2) is 4.99 Å². The van der Waals surface area contributed by atoms with Crippen molar-refractivity contribution < 1.29 is 0 Å². The lowest BCUT2D eigenvalue weighted by atomic mass is 10.1. The second-order valence-corrected chi connectivity index (χ2v) is 7.46. The minimum Gasteiger partial charge on any atom is -0.356 e. The summed E-state index contributed by atoms with van der Waals surface area (Å²) in [5.74, 6) is 4.62. The van der Waals surface area contributed by atoms with Gasteiger partial charge in [-0.2, -0.15) is 11.8 Å². The lowest BCUT2D eigenvalue weighted by Crippen LogP contribution is -2.38. The van der Waals surface area contributed by atoms with Gasteiger partial charge in [-0.25, -0.2) is 4.99 Å². The van der Waals surface area contributed by atoms with Crippen LogP contribution in [0.1, 0.15) is 51.2 Å². The number of halogens is 1. The maximum absolute atomic E-state index is 4.66. The topological polar surface area (TPSA) is 67.1 Å². The van der Waals surface area contributed by atoms with Gasteiger partial charge in [0.15, 0.2) is 11.8 Å². The van der Waals surface area contributed by atoms with Crippen molar-refractivity contribution in [2.75, 3.05) is 25.1 Å². The summed E-state index contributed by atoms with van der Waals surface area (Å²) in [5.41, 5.74) is 0. The first-order valence-electron chi connectivity index (χ1n) is 8.90. The normalized spacial score (nSPS) is 11.5. The van der Waals surface area contributed by atoms with Crippen LogP contribution in [-0.2, 0) is 13.6 Å². The van der Waals surface area contributed by atoms with E-state index in [2.05, 4.69) is 45.9 Å². The number of aromatic nitrogens is 3. The number of guanidine groups is 1. The largest absolute Gasteiger partial charge is 0.356 e. The van der Waals surface area contributed by atoms with E-state index in [1.54, 1.807) is 0 Å². The number of hydrogen-bond donors (Lipinski definition) is 2. The molecule has 6 nitrogen and oxygen atoms in total. The van der Waals surface area contributed by atoms with E-state index in [0.29, 0.717) is 6.54 Å². The molecule has 0 aliphatic rings. The number of unbranched alkanes of at least 4 members (excludes halogenated alkanes) is 1. The van der Waals surface area contributed by atoms with Crippen molar-refractivity contribution in [2.45, 2.75) is 53.0 Å². The summed E-state index contributed by atoms with van der Waals surface area (Å²) in [7, 11) is 1.98. The molecule has 0 bridgehead atoms. The molecule has 1 heterocycles. The van der Waals surface area contributed by atoms with Gasteiger partial charge < -0.3 is 15.2 Å². The SMILES string of the molecule is CSCCCNC(=NCc1nnc(C)n1C)NCCCCC(C)C.I. The van der Waals surface area contributed by atoms with Gasteiger partial charge in [-0.05, 0) is 37.7 Å². The first-order valence-corrected chi connectivity index (χ1v) is 10.3. The van der Waals surface area contributed by atoms with Crippen LogP contribution in [0.2, 0.25) is 0 Å². The Kier molecular flexibility index (Phi) is 14.3. The molecule has 2 N–H and O–H groups in total. The van der Waals surface area contributed by atoms with Gasteiger partial charge >= 0.3 is 0 Å². The molecule has 1 aromatic heterocycles. The Morgan fingerprint density at radius 2 is 1.84 bits per heavy atom. The molecule has 0 saturated carbocycles. The quantitative estimate of drug-likeness (QED) is 0.219. The van der Waals surface area contributed by atoms with Crippen molar-refractivity contribution >= 4 is 41.7 Å². The Morgan fingerprint density at radius 3 is 2.40 bits per heavy atom. The maximum Gasteiger partial charge on any atom is 0.191 e. The molecule has 0 radical (unpaired) electrons. The van der Waals surface area contributed by atoms with E-state index in [1.807, 2.05) is 30.3 Å². The summed E-state index contributed by atoms with van der Waals surface area (Å²) in [6.07, 6.45) is 6.99. The van der Waals surface area contributed by atoms with Crippen LogP contribution in [0, 0.1) is 12.8 Å². The van der Waals surface area contributed by atoms with Crippen LogP contribution in [0.25, 0.3) is 0 Å². The van der Waals surface area contributed by atoms with Crippen LogP contribution >= 0.6 is 35.7 Å². The van der Waals surface area contributed by atoms with Crippen molar-refractivity contribution in [3.05, 3.63) is 11.6 Å². The molecule has 0 atom stereocenters. The Bertz CT molecular complexity index is 489. The van der Waals surface area contributed by atoms with Crippen LogP contribution in [-0.4, -0.2) is 45.8 Å². The standard InChI is InChI=1S/C17H34N6S.HI/c1-14(2)9-6-7-10-18-17(19-11-8-12-24-5)20-13-16-22-21-15(3)23(16)4;/h14H,6-13H2,1-5H3,(H2,18,19,20);1H. The fourth-order valence-corrected chi connectivity index (χ4v) is 2.65. The molecule has 0 saturated heterocycles. The summed E-state index contributed by atoms with van der Waals surface area (Å²) < 4.78 is 1.98. The van der Waals surface area contributed by atoms with E-state index in [-0.39, 0.29) is 24.0 Å². The number of thioether (sulfide) groups is 1. The molecule has 0 aliphatic heterocycles. The number of aryl methyl sites for hydroxylation is 1. The number of nitrogens with zero attached hydrogens (tertiary/aromatic N) is 4. The number of nitrogens with one attached hydrogen (secondary N) is 2. The first kappa shape index (κ1) is 24.5. The van der Waals surface area contributed by atoms with Gasteiger partial charge in [0.1, 0.15) is 12.4 Å². The molecular formula is C17H35IN6S. The lowest BCUT2D eigenvalue weighted by molar-refractivity contribution is 0.534. The summed E-state index contributed by atoms with van der Waals surface area (Å²) in [6.45, 7) is 8.94. The van der Waals surface area contributed by atoms with Crippen molar-refractivity contribution in [1.82, 2.24) is 25.4 Å². The second-order valence-electron chi connectivity index (χ2n) is 6.48. The molecule has 0 spiro atoms. The van der Waals surface area contributed by atoms with Gasteiger partial charge in [-0.3, -0.25) is 0 Å². The van der Waals surface area contributed by atoms with Crippen LogP contribution < -0.4 is 10.6 Å². The Hall–Kier alpha value is -0.510. The molecule has 1 rings (SSSR count). The zero-order valence-corrected chi connectivity index (χ0v) is 19.5. The summed E-state index contributed by atoms with van der Waals surface area (Å²) in [4.78, 5) is 4.66. The Balaban J connectivity index is 0.00000576. The van der Waals surface area contributed by atoms with E-state index in [1.165, 1.54) is 19.3 Å². The average Bonchev–Trinajstić information content (AvgIpc) is 2.87. The molecule has 0 amide bonds. The molecular weight excluding hydrogens is 447 g/mol. The van der Waals surface area contributed by atoms with Gasteiger partial charge in [-0.1, -0.05) is 26.7 Å². The summed E-state index contributed by atoms with van der Waals surface area (Å²) in [5, 5.41) is 15.1. The average molecular weight is 482 g/mol. The van der Waals surface area contributed by atoms with E-state index >= 15 is 0 Å². The van der Waals surface area contributed by atoms with Crippen molar-refractivity contribution in [3.8, 4) is 0 Å². The minimum absolute atomic E-state index is 0. The number of aliphatic imine (C=N–C) groups is 1. The third kappa shape index (κ3) is 10.9. The highest BCUT2D eigenvalue weighted by Gasteiger charge is 2.05. The fourth-order valence-electron chi connectivity index (χ4n) is 2.22. The van der Waals surface area contributed by atoms with Crippen molar-refractivity contribution in [3.63, 3.8) is 0 Å². The summed E-state index contributed by atoms with van der Waals surface area (Å²) >= 11 is 1.87. The highest BCUT2D eigenvalue weighted by molar-refractivity contribution is 14.0. The summed E-state index contributed by atoms with van der Waals surface area (Å²) in [6, 6.07) is 0. The van der Waals surface area contributed by atoms with E-state index in [0.717, 1.165) is 48.8 Å². The van der Waals surface area contributed by atoms with E-state index in [4.69, 9.17) is 0 Å². The fraction of sp³-hybridized carbons (Fsp3) is 0.824.